The summed E-state index contributed by atoms with van der Waals surface area (Å²) in [6.07, 6.45) is 5.83. The SMILES string of the molecule is O=C(Nc1ccncc1)[C@H]1CCCCN1C(=O)c1ccccc1. The van der Waals surface area contributed by atoms with E-state index in [4.69, 9.17) is 0 Å². The van der Waals surface area contributed by atoms with E-state index in [1.54, 1.807) is 41.6 Å². The van der Waals surface area contributed by atoms with Gasteiger partial charge < -0.3 is 10.2 Å². The van der Waals surface area contributed by atoms with Crippen LogP contribution in [0, 0.1) is 0 Å². The number of hydrogen-bond donors (Lipinski definition) is 1. The highest BCUT2D eigenvalue weighted by Crippen LogP contribution is 2.21. The van der Waals surface area contributed by atoms with E-state index in [-0.39, 0.29) is 11.8 Å². The van der Waals surface area contributed by atoms with Gasteiger partial charge in [-0.1, -0.05) is 18.2 Å². The van der Waals surface area contributed by atoms with Crippen LogP contribution in [0.1, 0.15) is 29.6 Å². The quantitative estimate of drug-likeness (QED) is 0.948. The minimum Gasteiger partial charge on any atom is -0.327 e. The van der Waals surface area contributed by atoms with Crippen molar-refractivity contribution in [2.24, 2.45) is 0 Å². The van der Waals surface area contributed by atoms with Crippen LogP contribution in [-0.4, -0.2) is 34.3 Å². The highest BCUT2D eigenvalue weighted by Gasteiger charge is 2.32. The van der Waals surface area contributed by atoms with Crippen LogP contribution in [0.25, 0.3) is 0 Å². The molecule has 0 radical (unpaired) electrons. The normalized spacial score (nSPS) is 17.6. The van der Waals surface area contributed by atoms with E-state index in [1.807, 2.05) is 18.2 Å². The molecule has 1 aromatic heterocycles. The summed E-state index contributed by atoms with van der Waals surface area (Å²) in [6.45, 7) is 0.613. The second-order valence-electron chi connectivity index (χ2n) is 5.60. The molecule has 2 aromatic rings. The van der Waals surface area contributed by atoms with Crippen molar-refractivity contribution in [3.8, 4) is 0 Å². The Hall–Kier alpha value is -2.69. The number of hydrogen-bond acceptors (Lipinski definition) is 3. The number of benzene rings is 1. The second kappa shape index (κ2) is 7.05. The van der Waals surface area contributed by atoms with Gasteiger partial charge in [-0.2, -0.15) is 0 Å². The summed E-state index contributed by atoms with van der Waals surface area (Å²) < 4.78 is 0. The molecule has 1 atom stereocenters. The second-order valence-corrected chi connectivity index (χ2v) is 5.60. The van der Waals surface area contributed by atoms with Crippen LogP contribution in [0.2, 0.25) is 0 Å². The number of likely N-dealkylation sites (tertiary alicyclic amines) is 1. The van der Waals surface area contributed by atoms with Gasteiger partial charge in [0.1, 0.15) is 6.04 Å². The molecular formula is C18H19N3O2. The van der Waals surface area contributed by atoms with Crippen molar-refractivity contribution in [2.45, 2.75) is 25.3 Å². The lowest BCUT2D eigenvalue weighted by atomic mass is 10.00. The Kier molecular flexibility index (Phi) is 4.66. The van der Waals surface area contributed by atoms with Crippen molar-refractivity contribution in [3.63, 3.8) is 0 Å². The lowest BCUT2D eigenvalue weighted by Gasteiger charge is -2.34. The molecule has 5 heteroatoms. The first-order chi connectivity index (χ1) is 11.3. The zero-order chi connectivity index (χ0) is 16.1. The number of anilines is 1. The molecule has 0 saturated carbocycles. The van der Waals surface area contributed by atoms with E-state index in [0.717, 1.165) is 12.8 Å². The van der Waals surface area contributed by atoms with Gasteiger partial charge in [0, 0.05) is 30.2 Å². The predicted octanol–water partition coefficient (Wildman–Crippen LogP) is 2.72. The van der Waals surface area contributed by atoms with Crippen molar-refractivity contribution < 1.29 is 9.59 Å². The molecule has 5 nitrogen and oxygen atoms in total. The number of pyridine rings is 1. The van der Waals surface area contributed by atoms with Crippen molar-refractivity contribution >= 4 is 17.5 Å². The average molecular weight is 309 g/mol. The zero-order valence-corrected chi connectivity index (χ0v) is 12.8. The molecule has 2 amide bonds. The van der Waals surface area contributed by atoms with Gasteiger partial charge in [0.15, 0.2) is 0 Å². The standard InChI is InChI=1S/C18H19N3O2/c22-17(20-15-9-11-19-12-10-15)16-8-4-5-13-21(16)18(23)14-6-2-1-3-7-14/h1-3,6-7,9-12,16H,4-5,8,13H2,(H,19,20,22)/t16-/m1/s1. The van der Waals surface area contributed by atoms with Crippen LogP contribution in [0.5, 0.6) is 0 Å². The van der Waals surface area contributed by atoms with Crippen molar-refractivity contribution in [3.05, 3.63) is 60.4 Å². The summed E-state index contributed by atoms with van der Waals surface area (Å²) in [6, 6.07) is 12.2. The molecule has 1 fully saturated rings. The summed E-state index contributed by atoms with van der Waals surface area (Å²) in [5.41, 5.74) is 1.32. The first kappa shape index (κ1) is 15.2. The maximum Gasteiger partial charge on any atom is 0.254 e. The molecule has 0 unspecified atom stereocenters. The maximum atomic E-state index is 12.7. The molecule has 1 N–H and O–H groups in total. The summed E-state index contributed by atoms with van der Waals surface area (Å²) in [4.78, 5) is 30.9. The van der Waals surface area contributed by atoms with Crippen LogP contribution in [0.15, 0.2) is 54.9 Å². The molecule has 2 heterocycles. The third-order valence-corrected chi connectivity index (χ3v) is 4.03. The van der Waals surface area contributed by atoms with Crippen LogP contribution >= 0.6 is 0 Å². The van der Waals surface area contributed by atoms with E-state index >= 15 is 0 Å². The first-order valence-electron chi connectivity index (χ1n) is 7.82. The largest absolute Gasteiger partial charge is 0.327 e. The zero-order valence-electron chi connectivity index (χ0n) is 12.8. The molecule has 0 aliphatic carbocycles. The minimum absolute atomic E-state index is 0.0832. The van der Waals surface area contributed by atoms with E-state index in [2.05, 4.69) is 10.3 Å². The van der Waals surface area contributed by atoms with E-state index in [9.17, 15) is 9.59 Å². The summed E-state index contributed by atoms with van der Waals surface area (Å²) in [7, 11) is 0. The number of carbonyl (C=O) groups excluding carboxylic acids is 2. The molecule has 1 saturated heterocycles. The van der Waals surface area contributed by atoms with Crippen LogP contribution < -0.4 is 5.32 Å². The van der Waals surface area contributed by atoms with Gasteiger partial charge in [0.25, 0.3) is 5.91 Å². The lowest BCUT2D eigenvalue weighted by molar-refractivity contribution is -0.121. The average Bonchev–Trinajstić information content (AvgIpc) is 2.62. The Morgan fingerprint density at radius 3 is 2.52 bits per heavy atom. The summed E-state index contributed by atoms with van der Waals surface area (Å²) in [5, 5.41) is 2.88. The number of aromatic nitrogens is 1. The summed E-state index contributed by atoms with van der Waals surface area (Å²) >= 11 is 0. The highest BCUT2D eigenvalue weighted by molar-refractivity contribution is 6.01. The molecule has 1 aliphatic rings. The number of amides is 2. The Labute approximate surface area is 135 Å². The number of nitrogens with one attached hydrogen (secondary N) is 1. The van der Waals surface area contributed by atoms with Crippen LogP contribution in [-0.2, 0) is 4.79 Å². The monoisotopic (exact) mass is 309 g/mol. The first-order valence-corrected chi connectivity index (χ1v) is 7.82. The van der Waals surface area contributed by atoms with Crippen molar-refractivity contribution in [1.29, 1.82) is 0 Å². The third-order valence-electron chi connectivity index (χ3n) is 4.03. The van der Waals surface area contributed by atoms with E-state index in [1.165, 1.54) is 0 Å². The Morgan fingerprint density at radius 2 is 1.78 bits per heavy atom. The number of rotatable bonds is 3. The molecule has 23 heavy (non-hydrogen) atoms. The highest BCUT2D eigenvalue weighted by atomic mass is 16.2. The number of nitrogens with zero attached hydrogens (tertiary/aromatic N) is 2. The Balaban J connectivity index is 1.76. The fourth-order valence-electron chi connectivity index (χ4n) is 2.85. The van der Waals surface area contributed by atoms with Crippen LogP contribution in [0.3, 0.4) is 0 Å². The number of carbonyl (C=O) groups is 2. The van der Waals surface area contributed by atoms with Gasteiger partial charge >= 0.3 is 0 Å². The van der Waals surface area contributed by atoms with E-state index < -0.39 is 6.04 Å². The molecule has 0 spiro atoms. The molecular weight excluding hydrogens is 290 g/mol. The van der Waals surface area contributed by atoms with Gasteiger partial charge in [0.05, 0.1) is 0 Å². The fourth-order valence-corrected chi connectivity index (χ4v) is 2.85. The summed E-state index contributed by atoms with van der Waals surface area (Å²) in [5.74, 6) is -0.222. The molecule has 0 bridgehead atoms. The number of piperidine rings is 1. The minimum atomic E-state index is -0.426. The third kappa shape index (κ3) is 3.56. The molecule has 1 aliphatic heterocycles. The van der Waals surface area contributed by atoms with Crippen LogP contribution in [0.4, 0.5) is 5.69 Å². The maximum absolute atomic E-state index is 12.7. The fraction of sp³-hybridized carbons (Fsp3) is 0.278. The predicted molar refractivity (Wildman–Crippen MR) is 88.0 cm³/mol. The van der Waals surface area contributed by atoms with Gasteiger partial charge in [-0.15, -0.1) is 0 Å². The van der Waals surface area contributed by atoms with Gasteiger partial charge in [-0.25, -0.2) is 0 Å². The Bertz CT molecular complexity index is 673. The topological polar surface area (TPSA) is 62.3 Å². The van der Waals surface area contributed by atoms with Gasteiger partial charge in [-0.3, -0.25) is 14.6 Å². The molecule has 1 aromatic carbocycles. The lowest BCUT2D eigenvalue weighted by Crippen LogP contribution is -2.50. The smallest absolute Gasteiger partial charge is 0.254 e. The molecule has 3 rings (SSSR count). The van der Waals surface area contributed by atoms with Gasteiger partial charge in [-0.05, 0) is 43.5 Å². The van der Waals surface area contributed by atoms with Crippen molar-refractivity contribution in [1.82, 2.24) is 9.88 Å². The molecule has 118 valence electrons. The van der Waals surface area contributed by atoms with Gasteiger partial charge in [0.2, 0.25) is 5.91 Å². The van der Waals surface area contributed by atoms with Crippen molar-refractivity contribution in [2.75, 3.05) is 11.9 Å². The van der Waals surface area contributed by atoms with E-state index in [0.29, 0.717) is 24.2 Å². The Morgan fingerprint density at radius 1 is 1.04 bits per heavy atom.